The van der Waals surface area contributed by atoms with Crippen LogP contribution in [0.15, 0.2) is 55.1 Å². The van der Waals surface area contributed by atoms with Crippen LogP contribution in [-0.4, -0.2) is 14.8 Å². The summed E-state index contributed by atoms with van der Waals surface area (Å²) in [5.74, 6) is 0. The summed E-state index contributed by atoms with van der Waals surface area (Å²) in [5.41, 5.74) is 2.18. The first kappa shape index (κ1) is 19.1. The minimum absolute atomic E-state index is 0.0357. The van der Waals surface area contributed by atoms with Crippen LogP contribution < -0.4 is 0 Å². The Balaban J connectivity index is 0.000000219. The maximum atomic E-state index is 6.09. The molecule has 1 aromatic heterocycles. The van der Waals surface area contributed by atoms with Crippen LogP contribution in [0.5, 0.6) is 0 Å². The Hall–Kier alpha value is -1.20. The zero-order chi connectivity index (χ0) is 17.5. The molecule has 0 aliphatic carbocycles. The first-order chi connectivity index (χ1) is 11.5. The SMILES string of the molecule is Cc1ccc(Cl)cc1.SC(Cn1cncn1)c1ccc(Cl)cc1Cl. The van der Waals surface area contributed by atoms with Crippen molar-refractivity contribution in [1.82, 2.24) is 14.8 Å². The number of hydrogen-bond donors (Lipinski definition) is 1. The van der Waals surface area contributed by atoms with Gasteiger partial charge in [0.05, 0.1) is 6.54 Å². The van der Waals surface area contributed by atoms with Crippen molar-refractivity contribution in [2.24, 2.45) is 0 Å². The van der Waals surface area contributed by atoms with E-state index in [2.05, 4.69) is 22.7 Å². The van der Waals surface area contributed by atoms with Crippen molar-refractivity contribution in [3.05, 3.63) is 81.3 Å². The van der Waals surface area contributed by atoms with Gasteiger partial charge in [-0.25, -0.2) is 4.98 Å². The molecule has 1 unspecified atom stereocenters. The molecule has 1 heterocycles. The maximum Gasteiger partial charge on any atom is 0.137 e. The third-order valence-electron chi connectivity index (χ3n) is 3.16. The largest absolute Gasteiger partial charge is 0.252 e. The summed E-state index contributed by atoms with van der Waals surface area (Å²) in [6, 6.07) is 13.1. The van der Waals surface area contributed by atoms with Crippen molar-refractivity contribution in [2.45, 2.75) is 18.7 Å². The molecule has 0 bridgehead atoms. The van der Waals surface area contributed by atoms with Gasteiger partial charge in [0.2, 0.25) is 0 Å². The first-order valence-electron chi connectivity index (χ1n) is 7.13. The highest BCUT2D eigenvalue weighted by Gasteiger charge is 2.11. The molecule has 0 saturated carbocycles. The van der Waals surface area contributed by atoms with Crippen LogP contribution in [0.4, 0.5) is 0 Å². The second-order valence-corrected chi connectivity index (χ2v) is 7.00. The average Bonchev–Trinajstić information content (AvgIpc) is 3.03. The van der Waals surface area contributed by atoms with Gasteiger partial charge >= 0.3 is 0 Å². The quantitative estimate of drug-likeness (QED) is 0.554. The van der Waals surface area contributed by atoms with E-state index in [-0.39, 0.29) is 5.25 Å². The van der Waals surface area contributed by atoms with Crippen LogP contribution in [0.2, 0.25) is 15.1 Å². The van der Waals surface area contributed by atoms with Gasteiger partial charge in [-0.2, -0.15) is 17.7 Å². The Morgan fingerprint density at radius 2 is 1.71 bits per heavy atom. The molecular formula is C17H16Cl3N3S. The van der Waals surface area contributed by atoms with Crippen molar-refractivity contribution in [1.29, 1.82) is 0 Å². The van der Waals surface area contributed by atoms with E-state index in [0.29, 0.717) is 16.6 Å². The fourth-order valence-corrected chi connectivity index (χ4v) is 3.04. The van der Waals surface area contributed by atoms with Crippen molar-refractivity contribution in [3.8, 4) is 0 Å². The van der Waals surface area contributed by atoms with Gasteiger partial charge in [0.1, 0.15) is 12.7 Å². The first-order valence-corrected chi connectivity index (χ1v) is 8.78. The van der Waals surface area contributed by atoms with Crippen molar-refractivity contribution < 1.29 is 0 Å². The predicted octanol–water partition coefficient (Wildman–Crippen LogP) is 5.90. The van der Waals surface area contributed by atoms with Crippen LogP contribution in [-0.2, 0) is 6.54 Å². The van der Waals surface area contributed by atoms with E-state index >= 15 is 0 Å². The van der Waals surface area contributed by atoms with Gasteiger partial charge in [-0.15, -0.1) is 0 Å². The molecule has 3 aromatic rings. The molecular weight excluding hydrogens is 385 g/mol. The number of nitrogens with zero attached hydrogens (tertiary/aromatic N) is 3. The molecule has 0 N–H and O–H groups in total. The third-order valence-corrected chi connectivity index (χ3v) is 4.41. The van der Waals surface area contributed by atoms with Crippen LogP contribution in [0.3, 0.4) is 0 Å². The van der Waals surface area contributed by atoms with E-state index in [0.717, 1.165) is 10.6 Å². The van der Waals surface area contributed by atoms with Gasteiger partial charge in [0.25, 0.3) is 0 Å². The standard InChI is InChI=1S/C10H9Cl2N3S.C7H7Cl/c11-7-1-2-8(9(12)3-7)10(16)4-15-6-13-5-14-15;1-6-2-4-7(8)5-3-6/h1-3,5-6,10,16H,4H2;2-5H,1H3. The zero-order valence-electron chi connectivity index (χ0n) is 12.9. The normalized spacial score (nSPS) is 11.5. The molecule has 0 saturated heterocycles. The topological polar surface area (TPSA) is 30.7 Å². The van der Waals surface area contributed by atoms with Crippen molar-refractivity contribution in [3.63, 3.8) is 0 Å². The molecule has 3 nitrogen and oxygen atoms in total. The summed E-state index contributed by atoms with van der Waals surface area (Å²) in [5, 5.41) is 6.02. The molecule has 0 aliphatic heterocycles. The lowest BCUT2D eigenvalue weighted by atomic mass is 10.1. The molecule has 0 radical (unpaired) electrons. The van der Waals surface area contributed by atoms with Gasteiger partial charge in [-0.05, 0) is 36.8 Å². The minimum Gasteiger partial charge on any atom is -0.252 e. The summed E-state index contributed by atoms with van der Waals surface area (Å²) in [4.78, 5) is 3.87. The number of halogens is 3. The van der Waals surface area contributed by atoms with E-state index in [1.807, 2.05) is 37.3 Å². The summed E-state index contributed by atoms with van der Waals surface area (Å²) in [6.07, 6.45) is 3.14. The van der Waals surface area contributed by atoms with Gasteiger partial charge in [-0.1, -0.05) is 58.6 Å². The fraction of sp³-hybridized carbons (Fsp3) is 0.176. The molecule has 7 heteroatoms. The molecule has 2 aromatic carbocycles. The monoisotopic (exact) mass is 399 g/mol. The third kappa shape index (κ3) is 6.02. The second kappa shape index (κ2) is 9.33. The van der Waals surface area contributed by atoms with Crippen molar-refractivity contribution in [2.75, 3.05) is 0 Å². The lowest BCUT2D eigenvalue weighted by Crippen LogP contribution is -2.05. The highest BCUT2D eigenvalue weighted by Crippen LogP contribution is 2.30. The van der Waals surface area contributed by atoms with Crippen LogP contribution >= 0.6 is 47.4 Å². The Morgan fingerprint density at radius 1 is 1.04 bits per heavy atom. The second-order valence-electron chi connectivity index (χ2n) is 5.09. The van der Waals surface area contributed by atoms with Crippen LogP contribution in [0, 0.1) is 6.92 Å². The molecule has 0 amide bonds. The molecule has 3 rings (SSSR count). The minimum atomic E-state index is -0.0357. The van der Waals surface area contributed by atoms with Crippen molar-refractivity contribution >= 4 is 47.4 Å². The van der Waals surface area contributed by atoms with E-state index in [1.165, 1.54) is 11.9 Å². The molecule has 1 atom stereocenters. The van der Waals surface area contributed by atoms with Gasteiger partial charge in [0.15, 0.2) is 0 Å². The van der Waals surface area contributed by atoms with E-state index in [9.17, 15) is 0 Å². The number of aryl methyl sites for hydroxylation is 1. The van der Waals surface area contributed by atoms with E-state index in [1.54, 1.807) is 23.1 Å². The number of benzene rings is 2. The lowest BCUT2D eigenvalue weighted by molar-refractivity contribution is 0.607. The summed E-state index contributed by atoms with van der Waals surface area (Å²) in [6.45, 7) is 2.65. The van der Waals surface area contributed by atoms with Crippen LogP contribution in [0.1, 0.15) is 16.4 Å². The highest BCUT2D eigenvalue weighted by molar-refractivity contribution is 7.80. The van der Waals surface area contributed by atoms with E-state index in [4.69, 9.17) is 34.8 Å². The highest BCUT2D eigenvalue weighted by atomic mass is 35.5. The smallest absolute Gasteiger partial charge is 0.137 e. The summed E-state index contributed by atoms with van der Waals surface area (Å²) < 4.78 is 1.71. The fourth-order valence-electron chi connectivity index (χ4n) is 1.91. The maximum absolute atomic E-state index is 6.09. The van der Waals surface area contributed by atoms with Gasteiger partial charge in [0, 0.05) is 20.3 Å². The predicted molar refractivity (Wildman–Crippen MR) is 104 cm³/mol. The average molecular weight is 401 g/mol. The molecule has 0 spiro atoms. The van der Waals surface area contributed by atoms with Gasteiger partial charge < -0.3 is 0 Å². The molecule has 0 aliphatic rings. The zero-order valence-corrected chi connectivity index (χ0v) is 16.1. The number of aromatic nitrogens is 3. The lowest BCUT2D eigenvalue weighted by Gasteiger charge is -2.12. The Labute approximate surface area is 162 Å². The number of rotatable bonds is 3. The van der Waals surface area contributed by atoms with Crippen LogP contribution in [0.25, 0.3) is 0 Å². The summed E-state index contributed by atoms with van der Waals surface area (Å²) >= 11 is 22.0. The summed E-state index contributed by atoms with van der Waals surface area (Å²) in [7, 11) is 0. The number of thiol groups is 1. The Bertz CT molecular complexity index is 740. The molecule has 126 valence electrons. The number of hydrogen-bond acceptors (Lipinski definition) is 3. The molecule has 0 fully saturated rings. The Morgan fingerprint density at radius 3 is 2.25 bits per heavy atom. The van der Waals surface area contributed by atoms with E-state index < -0.39 is 0 Å². The van der Waals surface area contributed by atoms with Gasteiger partial charge in [-0.3, -0.25) is 4.68 Å². The Kier molecular flexibility index (Phi) is 7.43. The molecule has 24 heavy (non-hydrogen) atoms.